The number of carbonyl (C=O) groups excluding carboxylic acids is 2. The molecule has 0 unspecified atom stereocenters. The summed E-state index contributed by atoms with van der Waals surface area (Å²) in [5.41, 5.74) is 1.01. The molecule has 0 aliphatic carbocycles. The first-order valence-electron chi connectivity index (χ1n) is 8.63. The minimum Gasteiger partial charge on any atom is -0.459 e. The summed E-state index contributed by atoms with van der Waals surface area (Å²) in [4.78, 5) is 28.3. The highest BCUT2D eigenvalue weighted by Crippen LogP contribution is 2.16. The molecule has 1 N–H and O–H groups in total. The van der Waals surface area contributed by atoms with Crippen LogP contribution in [0.25, 0.3) is 0 Å². The van der Waals surface area contributed by atoms with Crippen LogP contribution in [0.3, 0.4) is 0 Å². The molecule has 6 nitrogen and oxygen atoms in total. The van der Waals surface area contributed by atoms with Gasteiger partial charge in [-0.25, -0.2) is 0 Å². The van der Waals surface area contributed by atoms with Gasteiger partial charge in [-0.15, -0.1) is 0 Å². The van der Waals surface area contributed by atoms with Gasteiger partial charge >= 0.3 is 0 Å². The fourth-order valence-corrected chi connectivity index (χ4v) is 3.12. The Morgan fingerprint density at radius 1 is 1.15 bits per heavy atom. The Kier molecular flexibility index (Phi) is 5.96. The maximum atomic E-state index is 12.3. The van der Waals surface area contributed by atoms with Crippen LogP contribution in [-0.2, 0) is 4.79 Å². The van der Waals surface area contributed by atoms with Crippen LogP contribution in [0.4, 0.5) is 0 Å². The minimum absolute atomic E-state index is 0.0294. The predicted octanol–water partition coefficient (Wildman–Crippen LogP) is 2.57. The Hall–Kier alpha value is -2.31. The number of nitrogens with one attached hydrogen (secondary N) is 1. The van der Waals surface area contributed by atoms with Crippen LogP contribution < -0.4 is 5.32 Å². The minimum atomic E-state index is -0.101. The monoisotopic (exact) mass is 375 g/mol. The molecule has 0 radical (unpaired) electrons. The lowest BCUT2D eigenvalue weighted by molar-refractivity contribution is -0.123. The smallest absolute Gasteiger partial charge is 0.289 e. The summed E-state index contributed by atoms with van der Waals surface area (Å²) in [5.74, 6) is 0.224. The Labute approximate surface area is 157 Å². The first-order chi connectivity index (χ1) is 12.5. The fraction of sp³-hybridized carbons (Fsp3) is 0.368. The van der Waals surface area contributed by atoms with Gasteiger partial charge in [0, 0.05) is 31.2 Å². The van der Waals surface area contributed by atoms with Crippen LogP contribution >= 0.6 is 11.6 Å². The van der Waals surface area contributed by atoms with Gasteiger partial charge in [-0.05, 0) is 36.8 Å². The van der Waals surface area contributed by atoms with E-state index in [1.54, 1.807) is 17.0 Å². The number of hydrogen-bond donors (Lipinski definition) is 1. The molecule has 138 valence electrons. The van der Waals surface area contributed by atoms with Gasteiger partial charge in [0.2, 0.25) is 5.91 Å². The fourth-order valence-electron chi connectivity index (χ4n) is 2.99. The zero-order valence-electron chi connectivity index (χ0n) is 14.7. The average molecular weight is 376 g/mol. The number of carbonyl (C=O) groups is 2. The summed E-state index contributed by atoms with van der Waals surface area (Å²) in [6.07, 6.45) is 1.50. The molecule has 2 amide bonds. The van der Waals surface area contributed by atoms with Gasteiger partial charge in [0.25, 0.3) is 5.91 Å². The van der Waals surface area contributed by atoms with Crippen molar-refractivity contribution in [1.82, 2.24) is 15.1 Å². The Balaban J connectivity index is 1.44. The van der Waals surface area contributed by atoms with E-state index in [-0.39, 0.29) is 17.9 Å². The normalized spacial score (nSPS) is 16.3. The molecule has 3 rings (SSSR count). The molecule has 7 heteroatoms. The van der Waals surface area contributed by atoms with Gasteiger partial charge in [0.1, 0.15) is 0 Å². The molecule has 1 atom stereocenters. The van der Waals surface area contributed by atoms with E-state index in [1.165, 1.54) is 6.26 Å². The van der Waals surface area contributed by atoms with Crippen LogP contribution in [0.2, 0.25) is 5.02 Å². The van der Waals surface area contributed by atoms with E-state index < -0.39 is 0 Å². The number of furan rings is 1. The lowest BCUT2D eigenvalue weighted by Crippen LogP contribution is -2.51. The molecule has 1 saturated heterocycles. The third kappa shape index (κ3) is 4.65. The van der Waals surface area contributed by atoms with E-state index >= 15 is 0 Å². The average Bonchev–Trinajstić information content (AvgIpc) is 3.17. The van der Waals surface area contributed by atoms with Gasteiger partial charge in [-0.1, -0.05) is 23.7 Å². The quantitative estimate of drug-likeness (QED) is 0.872. The maximum absolute atomic E-state index is 12.3. The number of piperazine rings is 1. The van der Waals surface area contributed by atoms with E-state index in [9.17, 15) is 9.59 Å². The van der Waals surface area contributed by atoms with Gasteiger partial charge < -0.3 is 14.6 Å². The highest BCUT2D eigenvalue weighted by molar-refractivity contribution is 6.30. The topological polar surface area (TPSA) is 65.8 Å². The van der Waals surface area contributed by atoms with Gasteiger partial charge in [-0.3, -0.25) is 14.5 Å². The van der Waals surface area contributed by atoms with E-state index in [1.807, 2.05) is 31.2 Å². The summed E-state index contributed by atoms with van der Waals surface area (Å²) in [6.45, 7) is 4.76. The van der Waals surface area contributed by atoms with Gasteiger partial charge in [-0.2, -0.15) is 0 Å². The standard InChI is InChI=1S/C19H22ClN3O3/c1-14(15-4-6-16(20)7-5-15)21-18(24)13-22-8-10-23(11-9-22)19(25)17-3-2-12-26-17/h2-7,12,14H,8-11,13H2,1H3,(H,21,24)/t14-/m0/s1. The number of hydrogen-bond acceptors (Lipinski definition) is 4. The van der Waals surface area contributed by atoms with Crippen molar-refractivity contribution in [3.63, 3.8) is 0 Å². The van der Waals surface area contributed by atoms with E-state index in [0.29, 0.717) is 43.5 Å². The molecule has 1 fully saturated rings. The van der Waals surface area contributed by atoms with Crippen molar-refractivity contribution in [3.8, 4) is 0 Å². The van der Waals surface area contributed by atoms with Crippen LogP contribution in [0.1, 0.15) is 29.1 Å². The molecule has 0 saturated carbocycles. The molecule has 26 heavy (non-hydrogen) atoms. The second kappa shape index (κ2) is 8.38. The van der Waals surface area contributed by atoms with Crippen molar-refractivity contribution in [2.45, 2.75) is 13.0 Å². The number of rotatable bonds is 5. The molecule has 1 aliphatic rings. The molecule has 1 aromatic carbocycles. The Morgan fingerprint density at radius 3 is 2.46 bits per heavy atom. The highest BCUT2D eigenvalue weighted by atomic mass is 35.5. The number of halogens is 1. The van der Waals surface area contributed by atoms with Crippen molar-refractivity contribution in [1.29, 1.82) is 0 Å². The highest BCUT2D eigenvalue weighted by Gasteiger charge is 2.24. The Bertz CT molecular complexity index is 738. The van der Waals surface area contributed by atoms with Crippen molar-refractivity contribution >= 4 is 23.4 Å². The number of benzene rings is 1. The molecular formula is C19H22ClN3O3. The lowest BCUT2D eigenvalue weighted by Gasteiger charge is -2.34. The summed E-state index contributed by atoms with van der Waals surface area (Å²) >= 11 is 5.89. The largest absolute Gasteiger partial charge is 0.459 e. The molecule has 0 spiro atoms. The molecule has 2 heterocycles. The van der Waals surface area contributed by atoms with E-state index in [0.717, 1.165) is 5.56 Å². The van der Waals surface area contributed by atoms with Gasteiger partial charge in [0.05, 0.1) is 18.8 Å². The SMILES string of the molecule is C[C@H](NC(=O)CN1CCN(C(=O)c2ccco2)CC1)c1ccc(Cl)cc1. The third-order valence-electron chi connectivity index (χ3n) is 4.51. The van der Waals surface area contributed by atoms with Crippen molar-refractivity contribution < 1.29 is 14.0 Å². The Morgan fingerprint density at radius 2 is 1.85 bits per heavy atom. The summed E-state index contributed by atoms with van der Waals surface area (Å²) < 4.78 is 5.16. The lowest BCUT2D eigenvalue weighted by atomic mass is 10.1. The predicted molar refractivity (Wildman–Crippen MR) is 99.1 cm³/mol. The van der Waals surface area contributed by atoms with Gasteiger partial charge in [0.15, 0.2) is 5.76 Å². The third-order valence-corrected chi connectivity index (χ3v) is 4.76. The second-order valence-electron chi connectivity index (χ2n) is 6.39. The summed E-state index contributed by atoms with van der Waals surface area (Å²) in [7, 11) is 0. The molecule has 0 bridgehead atoms. The molecular weight excluding hydrogens is 354 g/mol. The number of amides is 2. The first-order valence-corrected chi connectivity index (χ1v) is 9.00. The van der Waals surface area contributed by atoms with E-state index in [4.69, 9.17) is 16.0 Å². The summed E-state index contributed by atoms with van der Waals surface area (Å²) in [5, 5.41) is 3.68. The van der Waals surface area contributed by atoms with Crippen LogP contribution in [0, 0.1) is 0 Å². The van der Waals surface area contributed by atoms with Crippen LogP contribution in [-0.4, -0.2) is 54.3 Å². The second-order valence-corrected chi connectivity index (χ2v) is 6.82. The summed E-state index contributed by atoms with van der Waals surface area (Å²) in [6, 6.07) is 10.7. The molecule has 1 aromatic heterocycles. The molecule has 1 aliphatic heterocycles. The van der Waals surface area contributed by atoms with Crippen molar-refractivity contribution in [3.05, 3.63) is 59.0 Å². The van der Waals surface area contributed by atoms with E-state index in [2.05, 4.69) is 10.2 Å². The van der Waals surface area contributed by atoms with Crippen molar-refractivity contribution in [2.24, 2.45) is 0 Å². The zero-order valence-corrected chi connectivity index (χ0v) is 15.4. The first kappa shape index (κ1) is 18.5. The van der Waals surface area contributed by atoms with Crippen molar-refractivity contribution in [2.75, 3.05) is 32.7 Å². The zero-order chi connectivity index (χ0) is 18.5. The van der Waals surface area contributed by atoms with Crippen LogP contribution in [0.5, 0.6) is 0 Å². The molecule has 2 aromatic rings. The number of nitrogens with zero attached hydrogens (tertiary/aromatic N) is 2. The van der Waals surface area contributed by atoms with Crippen LogP contribution in [0.15, 0.2) is 47.1 Å². The maximum Gasteiger partial charge on any atom is 0.289 e.